The normalized spacial score (nSPS) is 32.6. The number of likely N-dealkylation sites (tertiary alicyclic amines) is 1. The van der Waals surface area contributed by atoms with Crippen molar-refractivity contribution in [2.75, 3.05) is 54.0 Å². The van der Waals surface area contributed by atoms with E-state index < -0.39 is 0 Å². The number of likely N-dealkylation sites (N-methyl/N-ethyl adjacent to an activating group) is 1. The SMILES string of the molecule is CN=C(NCC1(N(C)C)CCCC(C)C1)N1CCC(OCC2CCCCO2)CC1. The minimum absolute atomic E-state index is 0.245. The summed E-state index contributed by atoms with van der Waals surface area (Å²) in [4.78, 5) is 9.45. The highest BCUT2D eigenvalue weighted by Gasteiger charge is 2.37. The van der Waals surface area contributed by atoms with E-state index in [0.717, 1.165) is 64.0 Å². The van der Waals surface area contributed by atoms with E-state index in [4.69, 9.17) is 9.47 Å². The molecule has 3 rings (SSSR count). The minimum Gasteiger partial charge on any atom is -0.376 e. The third-order valence-electron chi connectivity index (χ3n) is 7.34. The lowest BCUT2D eigenvalue weighted by molar-refractivity contribution is -0.0721. The summed E-state index contributed by atoms with van der Waals surface area (Å²) in [5.74, 6) is 1.86. The molecular weight excluding hydrogens is 364 g/mol. The Labute approximate surface area is 178 Å². The molecule has 1 saturated carbocycles. The van der Waals surface area contributed by atoms with Gasteiger partial charge in [-0.3, -0.25) is 4.99 Å². The van der Waals surface area contributed by atoms with Gasteiger partial charge in [-0.05, 0) is 65.0 Å². The predicted octanol–water partition coefficient (Wildman–Crippen LogP) is 3.12. The second-order valence-electron chi connectivity index (χ2n) is 9.73. The summed E-state index contributed by atoms with van der Waals surface area (Å²) in [5.41, 5.74) is 0.245. The van der Waals surface area contributed by atoms with E-state index in [0.29, 0.717) is 12.2 Å². The van der Waals surface area contributed by atoms with Crippen molar-refractivity contribution in [3.63, 3.8) is 0 Å². The zero-order valence-corrected chi connectivity index (χ0v) is 19.3. The van der Waals surface area contributed by atoms with Crippen molar-refractivity contribution in [1.29, 1.82) is 0 Å². The number of hydrogen-bond donors (Lipinski definition) is 1. The number of aliphatic imine (C=N–C) groups is 1. The van der Waals surface area contributed by atoms with Crippen LogP contribution in [0.3, 0.4) is 0 Å². The quantitative estimate of drug-likeness (QED) is 0.541. The zero-order chi connectivity index (χ0) is 20.7. The van der Waals surface area contributed by atoms with Gasteiger partial charge < -0.3 is 24.6 Å². The Morgan fingerprint density at radius 2 is 1.97 bits per heavy atom. The molecule has 3 unspecified atom stereocenters. The van der Waals surface area contributed by atoms with Gasteiger partial charge in [-0.2, -0.15) is 0 Å². The van der Waals surface area contributed by atoms with Gasteiger partial charge in [-0.25, -0.2) is 0 Å². The van der Waals surface area contributed by atoms with Crippen LogP contribution in [0.25, 0.3) is 0 Å². The molecule has 0 spiro atoms. The topological polar surface area (TPSA) is 49.3 Å². The molecule has 168 valence electrons. The Morgan fingerprint density at radius 1 is 1.17 bits per heavy atom. The van der Waals surface area contributed by atoms with Gasteiger partial charge in [0.15, 0.2) is 5.96 Å². The molecule has 1 aliphatic carbocycles. The number of hydrogen-bond acceptors (Lipinski definition) is 4. The van der Waals surface area contributed by atoms with Gasteiger partial charge in [0.05, 0.1) is 18.8 Å². The van der Waals surface area contributed by atoms with Crippen LogP contribution in [-0.2, 0) is 9.47 Å². The predicted molar refractivity (Wildman–Crippen MR) is 120 cm³/mol. The van der Waals surface area contributed by atoms with Crippen LogP contribution in [-0.4, -0.2) is 87.5 Å². The number of nitrogens with zero attached hydrogens (tertiary/aromatic N) is 3. The molecule has 6 nitrogen and oxygen atoms in total. The summed E-state index contributed by atoms with van der Waals surface area (Å²) < 4.78 is 12.0. The third-order valence-corrected chi connectivity index (χ3v) is 7.34. The van der Waals surface area contributed by atoms with E-state index in [1.807, 2.05) is 7.05 Å². The molecular formula is C23H44N4O2. The van der Waals surface area contributed by atoms with Crippen molar-refractivity contribution < 1.29 is 9.47 Å². The van der Waals surface area contributed by atoms with Gasteiger partial charge in [0.1, 0.15) is 0 Å². The maximum absolute atomic E-state index is 6.18. The van der Waals surface area contributed by atoms with E-state index in [-0.39, 0.29) is 5.54 Å². The number of nitrogens with one attached hydrogen (secondary N) is 1. The van der Waals surface area contributed by atoms with Crippen LogP contribution < -0.4 is 5.32 Å². The monoisotopic (exact) mass is 408 g/mol. The van der Waals surface area contributed by atoms with Gasteiger partial charge in [-0.1, -0.05) is 19.8 Å². The molecule has 2 saturated heterocycles. The first-order valence-electron chi connectivity index (χ1n) is 11.9. The summed E-state index contributed by atoms with van der Waals surface area (Å²) in [7, 11) is 6.39. The van der Waals surface area contributed by atoms with Crippen LogP contribution in [0.4, 0.5) is 0 Å². The fourth-order valence-corrected chi connectivity index (χ4v) is 5.35. The van der Waals surface area contributed by atoms with Crippen molar-refractivity contribution in [3.8, 4) is 0 Å². The van der Waals surface area contributed by atoms with Gasteiger partial charge in [-0.15, -0.1) is 0 Å². The Hall–Kier alpha value is -0.850. The summed E-state index contributed by atoms with van der Waals surface area (Å²) in [6.07, 6.45) is 11.7. The van der Waals surface area contributed by atoms with Crippen LogP contribution in [0.15, 0.2) is 4.99 Å². The lowest BCUT2D eigenvalue weighted by atomic mass is 9.75. The van der Waals surface area contributed by atoms with Gasteiger partial charge in [0.25, 0.3) is 0 Å². The van der Waals surface area contributed by atoms with Crippen molar-refractivity contribution in [2.24, 2.45) is 10.9 Å². The van der Waals surface area contributed by atoms with Crippen LogP contribution in [0, 0.1) is 5.92 Å². The van der Waals surface area contributed by atoms with Gasteiger partial charge >= 0.3 is 0 Å². The molecule has 0 aromatic carbocycles. The Bertz CT molecular complexity index is 513. The Balaban J connectivity index is 1.43. The van der Waals surface area contributed by atoms with Gasteiger partial charge in [0, 0.05) is 38.8 Å². The molecule has 0 aromatic rings. The number of rotatable bonds is 6. The standard InChI is InChI=1S/C23H44N4O2/c1-19-8-7-12-23(16-19,26(3)4)18-25-22(24-2)27-13-10-20(11-14-27)29-17-21-9-5-6-15-28-21/h19-21H,5-18H2,1-4H3,(H,24,25). The summed E-state index contributed by atoms with van der Waals surface area (Å²) in [6.45, 7) is 7.08. The average Bonchev–Trinajstić information content (AvgIpc) is 2.74. The molecule has 1 N–H and O–H groups in total. The van der Waals surface area contributed by atoms with Crippen LogP contribution in [0.1, 0.15) is 64.7 Å². The fraction of sp³-hybridized carbons (Fsp3) is 0.957. The second-order valence-corrected chi connectivity index (χ2v) is 9.73. The smallest absolute Gasteiger partial charge is 0.193 e. The van der Waals surface area contributed by atoms with Gasteiger partial charge in [0.2, 0.25) is 0 Å². The second kappa shape index (κ2) is 11.0. The molecule has 3 atom stereocenters. The molecule has 0 bridgehead atoms. The van der Waals surface area contributed by atoms with Crippen LogP contribution in [0.2, 0.25) is 0 Å². The molecule has 2 aliphatic heterocycles. The maximum atomic E-state index is 6.18. The van der Waals surface area contributed by atoms with Crippen molar-refractivity contribution >= 4 is 5.96 Å². The lowest BCUT2D eigenvalue weighted by Crippen LogP contribution is -2.57. The maximum Gasteiger partial charge on any atom is 0.193 e. The molecule has 3 aliphatic rings. The van der Waals surface area contributed by atoms with E-state index in [2.05, 4.69) is 41.1 Å². The minimum atomic E-state index is 0.245. The summed E-state index contributed by atoms with van der Waals surface area (Å²) in [6, 6.07) is 0. The number of ether oxygens (including phenoxy) is 2. The highest BCUT2D eigenvalue weighted by Crippen LogP contribution is 2.35. The third kappa shape index (κ3) is 6.31. The summed E-state index contributed by atoms with van der Waals surface area (Å²) >= 11 is 0. The van der Waals surface area contributed by atoms with Crippen LogP contribution in [0.5, 0.6) is 0 Å². The zero-order valence-electron chi connectivity index (χ0n) is 19.3. The molecule has 0 aromatic heterocycles. The lowest BCUT2D eigenvalue weighted by Gasteiger charge is -2.46. The molecule has 29 heavy (non-hydrogen) atoms. The van der Waals surface area contributed by atoms with Crippen LogP contribution >= 0.6 is 0 Å². The largest absolute Gasteiger partial charge is 0.376 e. The molecule has 3 fully saturated rings. The first-order valence-corrected chi connectivity index (χ1v) is 11.9. The Kier molecular flexibility index (Phi) is 8.63. The van der Waals surface area contributed by atoms with Crippen molar-refractivity contribution in [3.05, 3.63) is 0 Å². The Morgan fingerprint density at radius 3 is 2.59 bits per heavy atom. The molecule has 6 heteroatoms. The fourth-order valence-electron chi connectivity index (χ4n) is 5.35. The van der Waals surface area contributed by atoms with Crippen molar-refractivity contribution in [2.45, 2.75) is 82.5 Å². The first kappa shape index (κ1) is 22.8. The van der Waals surface area contributed by atoms with E-state index in [1.54, 1.807) is 0 Å². The first-order chi connectivity index (χ1) is 14.0. The van der Waals surface area contributed by atoms with E-state index in [1.165, 1.54) is 38.5 Å². The average molecular weight is 409 g/mol. The molecule has 0 amide bonds. The molecule has 2 heterocycles. The number of piperidine rings is 1. The van der Waals surface area contributed by atoms with E-state index in [9.17, 15) is 0 Å². The van der Waals surface area contributed by atoms with Crippen molar-refractivity contribution in [1.82, 2.24) is 15.1 Å². The molecule has 0 radical (unpaired) electrons. The number of guanidine groups is 1. The summed E-state index contributed by atoms with van der Waals surface area (Å²) in [5, 5.41) is 3.72. The highest BCUT2D eigenvalue weighted by atomic mass is 16.5. The van der Waals surface area contributed by atoms with E-state index >= 15 is 0 Å². The highest BCUT2D eigenvalue weighted by molar-refractivity contribution is 5.80.